The standard InChI is InChI=1S/C35H42N4O8/c1-17-21-10-9-19(15-37-20-11-13-39(14-12-20)16-18-7-5-4-6-8-18)28(40)23(21)29(41)24-22(17)30(42)26-27(38(2)3)31(43)25(34(36)46)33(45)35(26,47)32(24)44/h4-10,17,20,22,26-27,30,37,40-42,45,47H,11-16H2,1-3H3,(H2,36,46)/t17-,22+,26+,27-,30-,35-/m0/s1. The molecule has 1 aliphatic heterocycles. The number of aliphatic hydroxyl groups excluding tert-OH is 3. The molecule has 2 aromatic rings. The summed E-state index contributed by atoms with van der Waals surface area (Å²) in [6, 6.07) is 12.6. The van der Waals surface area contributed by atoms with Crippen LogP contribution in [0, 0.1) is 11.8 Å². The van der Waals surface area contributed by atoms with Crippen LogP contribution < -0.4 is 11.1 Å². The molecule has 250 valence electrons. The minimum absolute atomic E-state index is 0.00188. The maximum absolute atomic E-state index is 14.2. The minimum Gasteiger partial charge on any atom is -0.508 e. The van der Waals surface area contributed by atoms with Crippen molar-refractivity contribution >= 4 is 23.2 Å². The third kappa shape index (κ3) is 5.15. The third-order valence-electron chi connectivity index (χ3n) is 10.6. The van der Waals surface area contributed by atoms with E-state index < -0.39 is 75.6 Å². The van der Waals surface area contributed by atoms with Gasteiger partial charge in [-0.3, -0.25) is 24.2 Å². The van der Waals surface area contributed by atoms with Gasteiger partial charge < -0.3 is 36.6 Å². The Hall–Kier alpha value is -4.07. The highest BCUT2D eigenvalue weighted by atomic mass is 16.4. The zero-order chi connectivity index (χ0) is 33.9. The second-order valence-electron chi connectivity index (χ2n) is 13.5. The number of carbonyl (C=O) groups is 3. The number of ketones is 2. The summed E-state index contributed by atoms with van der Waals surface area (Å²) in [5.41, 5.74) is 3.35. The molecular weight excluding hydrogens is 604 g/mol. The van der Waals surface area contributed by atoms with Crippen LogP contribution in [0.25, 0.3) is 5.76 Å². The van der Waals surface area contributed by atoms with Gasteiger partial charge in [-0.15, -0.1) is 0 Å². The number of likely N-dealkylation sites (N-methyl/N-ethyl adjacent to an activating group) is 1. The summed E-state index contributed by atoms with van der Waals surface area (Å²) in [6.07, 6.45) is 0.209. The minimum atomic E-state index is -2.94. The average Bonchev–Trinajstić information content (AvgIpc) is 3.03. The molecule has 3 aliphatic carbocycles. The number of amides is 1. The molecule has 1 saturated heterocycles. The fourth-order valence-corrected chi connectivity index (χ4v) is 8.19. The van der Waals surface area contributed by atoms with E-state index in [0.29, 0.717) is 17.7 Å². The number of aromatic hydroxyl groups is 1. The number of piperidine rings is 1. The van der Waals surface area contributed by atoms with Crippen molar-refractivity contribution in [3.8, 4) is 5.75 Å². The quantitative estimate of drug-likeness (QED) is 0.214. The monoisotopic (exact) mass is 646 g/mol. The highest BCUT2D eigenvalue weighted by molar-refractivity contribution is 6.24. The lowest BCUT2D eigenvalue weighted by atomic mass is 9.54. The van der Waals surface area contributed by atoms with E-state index in [1.165, 1.54) is 24.6 Å². The van der Waals surface area contributed by atoms with Crippen LogP contribution in [0.15, 0.2) is 59.4 Å². The number of rotatable bonds is 7. The Morgan fingerprint density at radius 2 is 1.72 bits per heavy atom. The largest absolute Gasteiger partial charge is 0.508 e. The predicted octanol–water partition coefficient (Wildman–Crippen LogP) is 1.25. The lowest BCUT2D eigenvalue weighted by molar-refractivity contribution is -0.169. The third-order valence-corrected chi connectivity index (χ3v) is 10.6. The summed E-state index contributed by atoms with van der Waals surface area (Å²) in [4.78, 5) is 43.5. The zero-order valence-corrected chi connectivity index (χ0v) is 26.7. The fourth-order valence-electron chi connectivity index (χ4n) is 8.19. The molecule has 1 amide bonds. The predicted molar refractivity (Wildman–Crippen MR) is 172 cm³/mol. The number of primary amides is 1. The van der Waals surface area contributed by atoms with Crippen LogP contribution in [0.1, 0.15) is 47.9 Å². The number of nitrogens with zero attached hydrogens (tertiary/aromatic N) is 2. The number of phenolic OH excluding ortho intramolecular Hbond substituents is 1. The highest BCUT2D eigenvalue weighted by Crippen LogP contribution is 2.56. The normalized spacial score (nSPS) is 30.0. The van der Waals surface area contributed by atoms with E-state index in [-0.39, 0.29) is 17.4 Å². The maximum atomic E-state index is 14.2. The van der Waals surface area contributed by atoms with Gasteiger partial charge in [0.2, 0.25) is 5.78 Å². The molecular formula is C35H42N4O8. The fraction of sp³-hybridized carbons (Fsp3) is 0.457. The maximum Gasteiger partial charge on any atom is 0.255 e. The van der Waals surface area contributed by atoms with Crippen LogP contribution in [0.2, 0.25) is 0 Å². The van der Waals surface area contributed by atoms with E-state index in [1.807, 2.05) is 18.2 Å². The van der Waals surface area contributed by atoms with Crippen LogP contribution in [0.4, 0.5) is 0 Å². The summed E-state index contributed by atoms with van der Waals surface area (Å²) in [7, 11) is 2.95. The highest BCUT2D eigenvalue weighted by Gasteiger charge is 2.68. The Kier molecular flexibility index (Phi) is 8.52. The van der Waals surface area contributed by atoms with E-state index >= 15 is 0 Å². The molecule has 12 nitrogen and oxygen atoms in total. The van der Waals surface area contributed by atoms with Crippen molar-refractivity contribution in [1.82, 2.24) is 15.1 Å². The van der Waals surface area contributed by atoms with Gasteiger partial charge in [-0.25, -0.2) is 0 Å². The Balaban J connectivity index is 1.29. The van der Waals surface area contributed by atoms with Gasteiger partial charge >= 0.3 is 0 Å². The summed E-state index contributed by atoms with van der Waals surface area (Å²) < 4.78 is 0. The second kappa shape index (κ2) is 12.2. The van der Waals surface area contributed by atoms with Gasteiger partial charge in [0, 0.05) is 36.2 Å². The van der Waals surface area contributed by atoms with Crippen molar-refractivity contribution in [2.45, 2.75) is 62.6 Å². The van der Waals surface area contributed by atoms with Crippen molar-refractivity contribution in [2.24, 2.45) is 17.6 Å². The number of hydrogen-bond donors (Lipinski definition) is 7. The number of likely N-dealkylation sites (tertiary alicyclic amines) is 1. The summed E-state index contributed by atoms with van der Waals surface area (Å²) in [5.74, 6) is -8.91. The Bertz CT molecular complexity index is 1680. The van der Waals surface area contributed by atoms with Crippen molar-refractivity contribution in [3.63, 3.8) is 0 Å². The molecule has 1 heterocycles. The number of nitrogens with one attached hydrogen (secondary N) is 1. The van der Waals surface area contributed by atoms with E-state index in [0.717, 1.165) is 32.5 Å². The number of phenols is 1. The van der Waals surface area contributed by atoms with Crippen molar-refractivity contribution in [1.29, 1.82) is 0 Å². The molecule has 4 aliphatic rings. The van der Waals surface area contributed by atoms with Crippen molar-refractivity contribution in [3.05, 3.63) is 81.6 Å². The van der Waals surface area contributed by atoms with Crippen molar-refractivity contribution in [2.75, 3.05) is 27.2 Å². The molecule has 47 heavy (non-hydrogen) atoms. The van der Waals surface area contributed by atoms with Crippen molar-refractivity contribution < 1.29 is 39.9 Å². The van der Waals surface area contributed by atoms with Crippen LogP contribution >= 0.6 is 0 Å². The Morgan fingerprint density at radius 1 is 1.06 bits per heavy atom. The lowest BCUT2D eigenvalue weighted by Gasteiger charge is -2.53. The number of hydrogen-bond acceptors (Lipinski definition) is 11. The van der Waals surface area contributed by atoms with E-state index in [9.17, 15) is 39.9 Å². The first kappa shape index (κ1) is 32.9. The van der Waals surface area contributed by atoms with Crippen LogP contribution in [-0.4, -0.2) is 104 Å². The summed E-state index contributed by atoms with van der Waals surface area (Å²) >= 11 is 0. The number of carbonyl (C=O) groups excluding carboxylic acids is 3. The van der Waals surface area contributed by atoms with Crippen LogP contribution in [0.5, 0.6) is 5.75 Å². The molecule has 6 atom stereocenters. The molecule has 0 unspecified atom stereocenters. The molecule has 2 aromatic carbocycles. The molecule has 0 bridgehead atoms. The van der Waals surface area contributed by atoms with Crippen LogP contribution in [0.3, 0.4) is 0 Å². The van der Waals surface area contributed by atoms with E-state index in [4.69, 9.17) is 5.73 Å². The molecule has 12 heteroatoms. The molecule has 0 radical (unpaired) electrons. The molecule has 0 spiro atoms. The van der Waals surface area contributed by atoms with Gasteiger partial charge in [0.15, 0.2) is 11.4 Å². The Morgan fingerprint density at radius 3 is 2.34 bits per heavy atom. The van der Waals surface area contributed by atoms with Crippen LogP contribution in [-0.2, 0) is 27.5 Å². The topological polar surface area (TPSA) is 197 Å². The molecule has 2 fully saturated rings. The van der Waals surface area contributed by atoms with Gasteiger partial charge in [-0.1, -0.05) is 49.4 Å². The van der Waals surface area contributed by atoms with E-state index in [1.54, 1.807) is 19.1 Å². The number of fused-ring (bicyclic) bond motifs is 3. The first-order chi connectivity index (χ1) is 22.3. The van der Waals surface area contributed by atoms with E-state index in [2.05, 4.69) is 22.3 Å². The zero-order valence-electron chi connectivity index (χ0n) is 26.7. The number of Topliss-reactive ketones (excluding diaryl/α,β-unsaturated/α-hetero) is 2. The Labute approximate surface area is 272 Å². The summed E-state index contributed by atoms with van der Waals surface area (Å²) in [6.45, 7) is 4.74. The van der Waals surface area contributed by atoms with Gasteiger partial charge in [0.05, 0.1) is 23.6 Å². The molecule has 6 rings (SSSR count). The lowest BCUT2D eigenvalue weighted by Crippen LogP contribution is -2.70. The number of benzene rings is 2. The number of aliphatic hydroxyl groups is 4. The van der Waals surface area contributed by atoms with Gasteiger partial charge in [0.25, 0.3) is 5.91 Å². The first-order valence-corrected chi connectivity index (χ1v) is 16.0. The second-order valence-corrected chi connectivity index (χ2v) is 13.5. The molecule has 1 saturated carbocycles. The summed E-state index contributed by atoms with van der Waals surface area (Å²) in [5, 5.41) is 61.3. The SMILES string of the molecule is C[C@H]1c2ccc(CNC3CCN(Cc4ccccc4)CC3)c(O)c2C(O)=C2C(=O)[C@]3(O)C(O)=C(C(N)=O)C(=O)[C@@H](N(C)C)[C@@H]3[C@@H](O)[C@@H]21. The average molecular weight is 647 g/mol. The number of nitrogens with two attached hydrogens (primary N) is 1. The molecule has 8 N–H and O–H groups in total. The molecule has 0 aromatic heterocycles. The smallest absolute Gasteiger partial charge is 0.255 e. The van der Waals surface area contributed by atoms with Gasteiger partial charge in [0.1, 0.15) is 22.8 Å². The van der Waals surface area contributed by atoms with Gasteiger partial charge in [-0.05, 0) is 57.1 Å². The van der Waals surface area contributed by atoms with Gasteiger partial charge in [-0.2, -0.15) is 0 Å². The first-order valence-electron chi connectivity index (χ1n) is 16.0.